The Bertz CT molecular complexity index is 1070. The van der Waals surface area contributed by atoms with E-state index in [2.05, 4.69) is 49.8 Å². The fraction of sp³-hybridized carbons (Fsp3) is 0.217. The summed E-state index contributed by atoms with van der Waals surface area (Å²) in [5, 5.41) is 14.4. The Labute approximate surface area is 184 Å². The third kappa shape index (κ3) is 5.27. The summed E-state index contributed by atoms with van der Waals surface area (Å²) in [5.74, 6) is 0.242. The first-order chi connectivity index (χ1) is 15.2. The molecule has 4 rings (SSSR count). The number of nitrogens with zero attached hydrogens (tertiary/aromatic N) is 4. The van der Waals surface area contributed by atoms with Crippen molar-refractivity contribution < 1.29 is 4.79 Å². The Hall–Kier alpha value is -3.70. The maximum absolute atomic E-state index is 11.9. The molecule has 1 fully saturated rings. The molecule has 7 nitrogen and oxygen atoms in total. The van der Waals surface area contributed by atoms with Crippen molar-refractivity contribution in [1.29, 1.82) is 5.26 Å². The number of benzene rings is 2. The molecular weight excluding hydrogens is 404 g/mol. The fourth-order valence-electron chi connectivity index (χ4n) is 3.40. The first kappa shape index (κ1) is 20.6. The zero-order valence-corrected chi connectivity index (χ0v) is 18.0. The van der Waals surface area contributed by atoms with Crippen LogP contribution in [0.4, 0.5) is 17.3 Å². The zero-order valence-electron chi connectivity index (χ0n) is 17.0. The van der Waals surface area contributed by atoms with Crippen LogP contribution in [0.25, 0.3) is 11.3 Å². The number of rotatable bonds is 6. The van der Waals surface area contributed by atoms with Crippen LogP contribution in [-0.4, -0.2) is 45.0 Å². The van der Waals surface area contributed by atoms with Gasteiger partial charge in [0.1, 0.15) is 6.54 Å². The molecule has 31 heavy (non-hydrogen) atoms. The van der Waals surface area contributed by atoms with E-state index < -0.39 is 0 Å². The monoisotopic (exact) mass is 426 g/mol. The zero-order chi connectivity index (χ0) is 21.5. The van der Waals surface area contributed by atoms with Crippen molar-refractivity contribution in [3.05, 3.63) is 66.4 Å². The first-order valence-electron chi connectivity index (χ1n) is 10.1. The van der Waals surface area contributed by atoms with Gasteiger partial charge in [-0.2, -0.15) is 5.26 Å². The number of anilines is 3. The fourth-order valence-corrected chi connectivity index (χ4v) is 4.51. The summed E-state index contributed by atoms with van der Waals surface area (Å²) in [6.07, 6.45) is 1.71. The van der Waals surface area contributed by atoms with Crippen molar-refractivity contribution in [2.45, 2.75) is 12.1 Å². The second kappa shape index (κ2) is 9.87. The van der Waals surface area contributed by atoms with Crippen molar-refractivity contribution in [3.8, 4) is 17.3 Å². The van der Waals surface area contributed by atoms with Crippen LogP contribution in [0, 0.1) is 11.3 Å². The molecule has 1 aromatic heterocycles. The van der Waals surface area contributed by atoms with E-state index in [0.717, 1.165) is 39.6 Å². The van der Waals surface area contributed by atoms with Crippen LogP contribution in [0.15, 0.2) is 60.8 Å². The minimum atomic E-state index is -0.272. The molecule has 0 unspecified atom stereocenters. The highest BCUT2D eigenvalue weighted by atomic mass is 28.2. The minimum absolute atomic E-state index is 0.0131. The van der Waals surface area contributed by atoms with E-state index >= 15 is 0 Å². The summed E-state index contributed by atoms with van der Waals surface area (Å²) >= 11 is 0. The molecule has 1 aliphatic heterocycles. The van der Waals surface area contributed by atoms with Gasteiger partial charge in [-0.1, -0.05) is 12.1 Å². The third-order valence-electron chi connectivity index (χ3n) is 5.03. The van der Waals surface area contributed by atoms with Crippen LogP contribution >= 0.6 is 0 Å². The number of nitriles is 1. The topological polar surface area (TPSA) is 93.9 Å². The number of carbonyl (C=O) groups is 1. The Morgan fingerprint density at radius 2 is 1.81 bits per heavy atom. The lowest BCUT2D eigenvalue weighted by molar-refractivity contribution is 0.0958. The largest absolute Gasteiger partial charge is 0.372 e. The molecular formula is C23H22N6OSi. The maximum atomic E-state index is 11.9. The summed E-state index contributed by atoms with van der Waals surface area (Å²) < 4.78 is 0. The predicted octanol–water partition coefficient (Wildman–Crippen LogP) is 3.50. The Kier molecular flexibility index (Phi) is 6.55. The molecule has 0 saturated carbocycles. The van der Waals surface area contributed by atoms with E-state index in [9.17, 15) is 4.79 Å². The van der Waals surface area contributed by atoms with Crippen molar-refractivity contribution in [1.82, 2.24) is 15.3 Å². The molecule has 154 valence electrons. The highest BCUT2D eigenvalue weighted by Crippen LogP contribution is 2.23. The van der Waals surface area contributed by atoms with Gasteiger partial charge < -0.3 is 15.5 Å². The number of hydrogen-bond acceptors (Lipinski definition) is 6. The molecule has 3 aromatic rings. The number of nitrogens with one attached hydrogen (secondary N) is 2. The SMILES string of the molecule is N#CCNC(=O)c1ccc(-c2ccnc(Nc3ccc(N4CC[Si]CC4)cc3)n2)cc1. The van der Waals surface area contributed by atoms with Crippen molar-refractivity contribution in [2.75, 3.05) is 29.9 Å². The van der Waals surface area contributed by atoms with Crippen molar-refractivity contribution >= 4 is 32.7 Å². The summed E-state index contributed by atoms with van der Waals surface area (Å²) in [6.45, 7) is 2.26. The molecule has 1 amide bonds. The average Bonchev–Trinajstić information content (AvgIpc) is 2.84. The molecule has 8 heteroatoms. The van der Waals surface area contributed by atoms with Gasteiger partial charge in [0.2, 0.25) is 5.95 Å². The van der Waals surface area contributed by atoms with E-state index in [1.807, 2.05) is 24.3 Å². The molecule has 0 atom stereocenters. The van der Waals surface area contributed by atoms with Crippen LogP contribution in [0.5, 0.6) is 0 Å². The Balaban J connectivity index is 1.43. The van der Waals surface area contributed by atoms with E-state index in [0.29, 0.717) is 11.5 Å². The lowest BCUT2D eigenvalue weighted by atomic mass is 10.1. The standard InChI is InChI=1S/C23H22N6OSi/c24-10-12-25-22(30)18-3-1-17(2-4-18)21-9-11-26-23(28-21)27-19-5-7-20(8-6-19)29-13-15-31-16-14-29/h1-9,11H,12-16H2,(H,25,30)(H,26,27,28). The lowest BCUT2D eigenvalue weighted by Crippen LogP contribution is -2.31. The van der Waals surface area contributed by atoms with Gasteiger partial charge in [-0.25, -0.2) is 9.97 Å². The van der Waals surface area contributed by atoms with Crippen LogP contribution in [0.3, 0.4) is 0 Å². The quantitative estimate of drug-likeness (QED) is 0.463. The van der Waals surface area contributed by atoms with E-state index in [1.165, 1.54) is 17.8 Å². The molecule has 2 aromatic carbocycles. The summed E-state index contributed by atoms with van der Waals surface area (Å²) in [5.41, 5.74) is 4.32. The third-order valence-corrected chi connectivity index (χ3v) is 6.19. The number of hydrogen-bond donors (Lipinski definition) is 2. The maximum Gasteiger partial charge on any atom is 0.252 e. The molecule has 0 aliphatic carbocycles. The predicted molar refractivity (Wildman–Crippen MR) is 123 cm³/mol. The van der Waals surface area contributed by atoms with Crippen LogP contribution in [-0.2, 0) is 0 Å². The number of carbonyl (C=O) groups excluding carboxylic acids is 1. The molecule has 1 aliphatic rings. The van der Waals surface area contributed by atoms with E-state index in [-0.39, 0.29) is 12.5 Å². The van der Waals surface area contributed by atoms with Gasteiger partial charge in [0.05, 0.1) is 11.8 Å². The first-order valence-corrected chi connectivity index (χ1v) is 11.6. The van der Waals surface area contributed by atoms with Crippen molar-refractivity contribution in [3.63, 3.8) is 0 Å². The smallest absolute Gasteiger partial charge is 0.252 e. The molecule has 0 spiro atoms. The van der Waals surface area contributed by atoms with Crippen LogP contribution in [0.1, 0.15) is 10.4 Å². The summed E-state index contributed by atoms with van der Waals surface area (Å²) in [6, 6.07) is 21.8. The lowest BCUT2D eigenvalue weighted by Gasteiger charge is -2.28. The number of aromatic nitrogens is 2. The summed E-state index contributed by atoms with van der Waals surface area (Å²) in [4.78, 5) is 23.3. The highest BCUT2D eigenvalue weighted by molar-refractivity contribution is 6.36. The van der Waals surface area contributed by atoms with Gasteiger partial charge in [0.15, 0.2) is 0 Å². The van der Waals surface area contributed by atoms with Crippen LogP contribution < -0.4 is 15.5 Å². The van der Waals surface area contributed by atoms with Gasteiger partial charge in [0, 0.05) is 51.3 Å². The summed E-state index contributed by atoms with van der Waals surface area (Å²) in [7, 11) is 1.09. The molecule has 2 radical (unpaired) electrons. The number of amides is 1. The minimum Gasteiger partial charge on any atom is -0.372 e. The normalized spacial score (nSPS) is 13.3. The van der Waals surface area contributed by atoms with Crippen molar-refractivity contribution in [2.24, 2.45) is 0 Å². The molecule has 1 saturated heterocycles. The van der Waals surface area contributed by atoms with Gasteiger partial charge in [0.25, 0.3) is 5.91 Å². The average molecular weight is 427 g/mol. The van der Waals surface area contributed by atoms with Gasteiger partial charge >= 0.3 is 0 Å². The second-order valence-corrected chi connectivity index (χ2v) is 8.59. The Morgan fingerprint density at radius 1 is 1.06 bits per heavy atom. The van der Waals surface area contributed by atoms with Gasteiger partial charge in [-0.05, 0) is 54.6 Å². The second-order valence-electron chi connectivity index (χ2n) is 7.09. The molecule has 2 N–H and O–H groups in total. The van der Waals surface area contributed by atoms with Gasteiger partial charge in [-0.15, -0.1) is 0 Å². The van der Waals surface area contributed by atoms with Gasteiger partial charge in [-0.3, -0.25) is 4.79 Å². The van der Waals surface area contributed by atoms with E-state index in [1.54, 1.807) is 18.3 Å². The highest BCUT2D eigenvalue weighted by Gasteiger charge is 2.11. The van der Waals surface area contributed by atoms with Crippen LogP contribution in [0.2, 0.25) is 12.1 Å². The Morgan fingerprint density at radius 3 is 2.52 bits per heavy atom. The molecule has 2 heterocycles. The molecule has 0 bridgehead atoms. The van der Waals surface area contributed by atoms with E-state index in [4.69, 9.17) is 5.26 Å².